The fourth-order valence-corrected chi connectivity index (χ4v) is 2.34. The van der Waals surface area contributed by atoms with E-state index in [0.29, 0.717) is 17.1 Å². The molecule has 0 saturated carbocycles. The number of amides is 2. The first-order valence-corrected chi connectivity index (χ1v) is 7.19. The minimum absolute atomic E-state index is 0.0160. The molecule has 3 rings (SSSR count). The lowest BCUT2D eigenvalue weighted by Gasteiger charge is -2.25. The van der Waals surface area contributed by atoms with Crippen LogP contribution in [0.25, 0.3) is 0 Å². The molecule has 0 spiro atoms. The van der Waals surface area contributed by atoms with Crippen molar-refractivity contribution in [1.29, 1.82) is 0 Å². The van der Waals surface area contributed by atoms with Gasteiger partial charge in [-0.05, 0) is 36.8 Å². The summed E-state index contributed by atoms with van der Waals surface area (Å²) in [6, 6.07) is 12.0. The number of phenols is 1. The molecular weight excluding hydrogens is 296 g/mol. The van der Waals surface area contributed by atoms with Crippen LogP contribution in [0.2, 0.25) is 0 Å². The largest absolute Gasteiger partial charge is 0.506 e. The van der Waals surface area contributed by atoms with E-state index in [1.54, 1.807) is 42.5 Å². The molecule has 0 fully saturated rings. The number of nitrogens with one attached hydrogen (secondary N) is 2. The summed E-state index contributed by atoms with van der Waals surface area (Å²) in [7, 11) is 0. The minimum Gasteiger partial charge on any atom is -0.506 e. The lowest BCUT2D eigenvalue weighted by Crippen LogP contribution is -2.39. The first-order valence-electron chi connectivity index (χ1n) is 7.19. The highest BCUT2D eigenvalue weighted by Gasteiger charge is 2.29. The van der Waals surface area contributed by atoms with E-state index < -0.39 is 12.0 Å². The standard InChI is InChI=1S/C17H16N2O4/c1-10-6-7-11(13(20)8-10)18-16(21)9-15-17(22)19-12-4-2-3-5-14(12)23-15/h2-8,15,20H,9H2,1H3,(H,18,21)(H,19,22)/t15-/m0/s1. The molecule has 0 bridgehead atoms. The van der Waals surface area contributed by atoms with Gasteiger partial charge < -0.3 is 20.5 Å². The number of rotatable bonds is 3. The van der Waals surface area contributed by atoms with E-state index in [9.17, 15) is 14.7 Å². The van der Waals surface area contributed by atoms with Gasteiger partial charge in [0.2, 0.25) is 5.91 Å². The van der Waals surface area contributed by atoms with Gasteiger partial charge in [0.15, 0.2) is 6.10 Å². The number of carbonyl (C=O) groups is 2. The number of carbonyl (C=O) groups excluding carboxylic acids is 2. The van der Waals surface area contributed by atoms with Crippen molar-refractivity contribution in [3.63, 3.8) is 0 Å². The van der Waals surface area contributed by atoms with E-state index in [4.69, 9.17) is 4.74 Å². The molecule has 0 aromatic heterocycles. The molecule has 2 amide bonds. The monoisotopic (exact) mass is 312 g/mol. The number of hydrogen-bond donors (Lipinski definition) is 3. The summed E-state index contributed by atoms with van der Waals surface area (Å²) in [5.74, 6) is -0.267. The van der Waals surface area contributed by atoms with Crippen LogP contribution in [0.15, 0.2) is 42.5 Å². The van der Waals surface area contributed by atoms with Crippen molar-refractivity contribution < 1.29 is 19.4 Å². The van der Waals surface area contributed by atoms with E-state index in [2.05, 4.69) is 10.6 Å². The molecule has 6 nitrogen and oxygen atoms in total. The first-order chi connectivity index (χ1) is 11.0. The van der Waals surface area contributed by atoms with Gasteiger partial charge in [0.1, 0.15) is 11.5 Å². The minimum atomic E-state index is -0.905. The highest BCUT2D eigenvalue weighted by Crippen LogP contribution is 2.30. The zero-order chi connectivity index (χ0) is 16.4. The van der Waals surface area contributed by atoms with Crippen LogP contribution in [-0.2, 0) is 9.59 Å². The van der Waals surface area contributed by atoms with Gasteiger partial charge in [0, 0.05) is 0 Å². The fraction of sp³-hybridized carbons (Fsp3) is 0.176. The zero-order valence-electron chi connectivity index (χ0n) is 12.5. The smallest absolute Gasteiger partial charge is 0.266 e. The predicted octanol–water partition coefficient (Wildman–Crippen LogP) is 2.43. The van der Waals surface area contributed by atoms with Crippen LogP contribution in [0.5, 0.6) is 11.5 Å². The van der Waals surface area contributed by atoms with Crippen molar-refractivity contribution in [3.05, 3.63) is 48.0 Å². The Balaban J connectivity index is 1.67. The van der Waals surface area contributed by atoms with Crippen molar-refractivity contribution >= 4 is 23.2 Å². The van der Waals surface area contributed by atoms with Crippen LogP contribution in [-0.4, -0.2) is 23.0 Å². The van der Waals surface area contributed by atoms with Gasteiger partial charge >= 0.3 is 0 Å². The maximum atomic E-state index is 12.1. The summed E-state index contributed by atoms with van der Waals surface area (Å²) in [5, 5.41) is 15.1. The highest BCUT2D eigenvalue weighted by atomic mass is 16.5. The maximum Gasteiger partial charge on any atom is 0.266 e. The normalized spacial score (nSPS) is 16.0. The molecule has 0 aliphatic carbocycles. The van der Waals surface area contributed by atoms with Crippen LogP contribution in [0.3, 0.4) is 0 Å². The van der Waals surface area contributed by atoms with Gasteiger partial charge in [-0.3, -0.25) is 9.59 Å². The quantitative estimate of drug-likeness (QED) is 0.760. The number of ether oxygens (including phenoxy) is 1. The molecule has 2 aromatic rings. The molecule has 2 aromatic carbocycles. The molecule has 0 unspecified atom stereocenters. The van der Waals surface area contributed by atoms with Crippen molar-refractivity contribution in [2.24, 2.45) is 0 Å². The number of para-hydroxylation sites is 2. The number of aromatic hydroxyl groups is 1. The lowest BCUT2D eigenvalue weighted by atomic mass is 10.1. The molecule has 1 heterocycles. The maximum absolute atomic E-state index is 12.1. The second-order valence-electron chi connectivity index (χ2n) is 5.36. The Kier molecular flexibility index (Phi) is 3.89. The van der Waals surface area contributed by atoms with Crippen molar-refractivity contribution in [3.8, 4) is 11.5 Å². The Morgan fingerprint density at radius 1 is 1.30 bits per heavy atom. The third kappa shape index (κ3) is 3.26. The third-order valence-electron chi connectivity index (χ3n) is 3.50. The van der Waals surface area contributed by atoms with E-state index >= 15 is 0 Å². The van der Waals surface area contributed by atoms with Gasteiger partial charge in [-0.1, -0.05) is 18.2 Å². The number of phenolic OH excluding ortho intramolecular Hbond substituents is 1. The molecule has 3 N–H and O–H groups in total. The van der Waals surface area contributed by atoms with Crippen molar-refractivity contribution in [2.45, 2.75) is 19.4 Å². The second kappa shape index (κ2) is 6.00. The molecule has 6 heteroatoms. The molecule has 0 saturated heterocycles. The second-order valence-corrected chi connectivity index (χ2v) is 5.36. The SMILES string of the molecule is Cc1ccc(NC(=O)C[C@@H]2Oc3ccccc3NC2=O)c(O)c1. The van der Waals surface area contributed by atoms with Crippen LogP contribution >= 0.6 is 0 Å². The Morgan fingerprint density at radius 2 is 2.09 bits per heavy atom. The summed E-state index contributed by atoms with van der Waals surface area (Å²) in [6.45, 7) is 1.84. The molecular formula is C17H16N2O4. The topological polar surface area (TPSA) is 87.7 Å². The van der Waals surface area contributed by atoms with E-state index in [0.717, 1.165) is 5.56 Å². The molecule has 1 aliphatic rings. The van der Waals surface area contributed by atoms with Crippen molar-refractivity contribution in [1.82, 2.24) is 0 Å². The fourth-order valence-electron chi connectivity index (χ4n) is 2.34. The molecule has 0 radical (unpaired) electrons. The molecule has 118 valence electrons. The summed E-state index contributed by atoms with van der Waals surface area (Å²) in [4.78, 5) is 24.1. The summed E-state index contributed by atoms with van der Waals surface area (Å²) < 4.78 is 5.57. The van der Waals surface area contributed by atoms with Gasteiger partial charge in [-0.25, -0.2) is 0 Å². The average Bonchev–Trinajstić information content (AvgIpc) is 2.51. The van der Waals surface area contributed by atoms with E-state index in [1.165, 1.54) is 0 Å². The number of benzene rings is 2. The predicted molar refractivity (Wildman–Crippen MR) is 85.6 cm³/mol. The van der Waals surface area contributed by atoms with Crippen molar-refractivity contribution in [2.75, 3.05) is 10.6 Å². The third-order valence-corrected chi connectivity index (χ3v) is 3.50. The lowest BCUT2D eigenvalue weighted by molar-refractivity contribution is -0.128. The van der Waals surface area contributed by atoms with Crippen LogP contribution in [0.1, 0.15) is 12.0 Å². The average molecular weight is 312 g/mol. The molecule has 1 aliphatic heterocycles. The zero-order valence-corrected chi connectivity index (χ0v) is 12.5. The Hall–Kier alpha value is -3.02. The molecule has 23 heavy (non-hydrogen) atoms. The highest BCUT2D eigenvalue weighted by molar-refractivity contribution is 6.02. The number of anilines is 2. The van der Waals surface area contributed by atoms with Crippen LogP contribution in [0, 0.1) is 6.92 Å². The Labute approximate surface area is 133 Å². The number of aryl methyl sites for hydroxylation is 1. The van der Waals surface area contributed by atoms with Gasteiger partial charge in [-0.2, -0.15) is 0 Å². The van der Waals surface area contributed by atoms with E-state index in [1.807, 2.05) is 6.92 Å². The van der Waals surface area contributed by atoms with E-state index in [-0.39, 0.29) is 18.1 Å². The first kappa shape index (κ1) is 14.9. The van der Waals surface area contributed by atoms with Gasteiger partial charge in [0.25, 0.3) is 5.91 Å². The molecule has 1 atom stereocenters. The Morgan fingerprint density at radius 3 is 2.87 bits per heavy atom. The number of hydrogen-bond acceptors (Lipinski definition) is 4. The number of fused-ring (bicyclic) bond motifs is 1. The summed E-state index contributed by atoms with van der Waals surface area (Å²) in [5.41, 5.74) is 1.77. The summed E-state index contributed by atoms with van der Waals surface area (Å²) >= 11 is 0. The van der Waals surface area contributed by atoms with Crippen LogP contribution < -0.4 is 15.4 Å². The summed E-state index contributed by atoms with van der Waals surface area (Å²) in [6.07, 6.45) is -1.05. The Bertz CT molecular complexity index is 773. The van der Waals surface area contributed by atoms with Gasteiger partial charge in [-0.15, -0.1) is 0 Å². The van der Waals surface area contributed by atoms with Gasteiger partial charge in [0.05, 0.1) is 17.8 Å². The van der Waals surface area contributed by atoms with Crippen LogP contribution in [0.4, 0.5) is 11.4 Å².